The number of urea groups is 1. The predicted molar refractivity (Wildman–Crippen MR) is 105 cm³/mol. The van der Waals surface area contributed by atoms with Crippen molar-refractivity contribution >= 4 is 68.7 Å². The highest BCUT2D eigenvalue weighted by atomic mass is 79.9. The van der Waals surface area contributed by atoms with Gasteiger partial charge in [0.15, 0.2) is 5.75 Å². The molecule has 9 heteroatoms. The highest BCUT2D eigenvalue weighted by Gasteiger charge is 2.23. The Labute approximate surface area is 172 Å². The minimum Gasteiger partial charge on any atom is -0.486 e. The number of carbonyl (C=O) groups excluding carboxylic acids is 2. The molecule has 1 aliphatic heterocycles. The van der Waals surface area contributed by atoms with E-state index in [4.69, 9.17) is 39.5 Å². The fourth-order valence-electron chi connectivity index (χ4n) is 2.23. The van der Waals surface area contributed by atoms with Crippen LogP contribution in [0, 0.1) is 0 Å². The van der Waals surface area contributed by atoms with Crippen molar-refractivity contribution in [2.24, 2.45) is 0 Å². The van der Waals surface area contributed by atoms with Crippen LogP contribution in [0.2, 0.25) is 15.1 Å². The number of ether oxygens (including phenoxy) is 1. The van der Waals surface area contributed by atoms with E-state index in [1.165, 1.54) is 6.08 Å². The second-order valence-corrected chi connectivity index (χ2v) is 7.39. The monoisotopic (exact) mass is 474 g/mol. The van der Waals surface area contributed by atoms with E-state index in [2.05, 4.69) is 26.6 Å². The maximum Gasteiger partial charge on any atom is 0.326 e. The van der Waals surface area contributed by atoms with Gasteiger partial charge in [-0.3, -0.25) is 10.1 Å². The van der Waals surface area contributed by atoms with Crippen LogP contribution < -0.4 is 15.4 Å². The topological polar surface area (TPSA) is 67.4 Å². The fraction of sp³-hybridized carbons (Fsp3) is 0.0588. The summed E-state index contributed by atoms with van der Waals surface area (Å²) in [6, 6.07) is 7.99. The van der Waals surface area contributed by atoms with Crippen LogP contribution in [0.15, 0.2) is 40.5 Å². The molecule has 5 nitrogen and oxygen atoms in total. The van der Waals surface area contributed by atoms with Crippen LogP contribution in [0.25, 0.3) is 6.08 Å². The SMILES string of the molecule is O=C1NC(=O)/C(=C\c2cc(Cl)c(OCc3ccc(Cl)c(Cl)c3)c(Br)c2)N1. The van der Waals surface area contributed by atoms with Gasteiger partial charge in [0.25, 0.3) is 5.91 Å². The van der Waals surface area contributed by atoms with Gasteiger partial charge in [-0.05, 0) is 57.4 Å². The smallest absolute Gasteiger partial charge is 0.326 e. The number of hydrogen-bond donors (Lipinski definition) is 2. The molecule has 134 valence electrons. The molecule has 1 aliphatic rings. The summed E-state index contributed by atoms with van der Waals surface area (Å²) in [5, 5.41) is 5.79. The fourth-order valence-corrected chi connectivity index (χ4v) is 3.54. The standard InChI is InChI=1S/C17H10BrCl3N2O3/c18-10-3-9(6-14-16(24)23-17(25)22-14)5-13(21)15(10)26-7-8-1-2-11(19)12(20)4-8/h1-6H,7H2,(H2,22,23,24,25)/b14-6+. The number of benzene rings is 2. The average molecular weight is 477 g/mol. The number of amides is 3. The average Bonchev–Trinajstić information content (AvgIpc) is 2.87. The van der Waals surface area contributed by atoms with Gasteiger partial charge < -0.3 is 10.1 Å². The van der Waals surface area contributed by atoms with E-state index in [1.54, 1.807) is 30.3 Å². The van der Waals surface area contributed by atoms with Crippen LogP contribution in [0.5, 0.6) is 5.75 Å². The van der Waals surface area contributed by atoms with Crippen molar-refractivity contribution in [1.29, 1.82) is 0 Å². The molecule has 0 spiro atoms. The maximum absolute atomic E-state index is 11.6. The van der Waals surface area contributed by atoms with E-state index >= 15 is 0 Å². The summed E-state index contributed by atoms with van der Waals surface area (Å²) in [5.41, 5.74) is 1.59. The van der Waals surface area contributed by atoms with E-state index in [1.807, 2.05) is 0 Å². The quantitative estimate of drug-likeness (QED) is 0.473. The van der Waals surface area contributed by atoms with Crippen LogP contribution in [0.3, 0.4) is 0 Å². The summed E-state index contributed by atoms with van der Waals surface area (Å²) in [6.07, 6.45) is 1.51. The highest BCUT2D eigenvalue weighted by molar-refractivity contribution is 9.10. The Hall–Kier alpha value is -1.73. The normalized spacial score (nSPS) is 15.2. The lowest BCUT2D eigenvalue weighted by Crippen LogP contribution is -2.22. The molecular weight excluding hydrogens is 466 g/mol. The summed E-state index contributed by atoms with van der Waals surface area (Å²) < 4.78 is 6.36. The maximum atomic E-state index is 11.6. The molecule has 1 fully saturated rings. The summed E-state index contributed by atoms with van der Waals surface area (Å²) in [7, 11) is 0. The molecule has 3 amide bonds. The Balaban J connectivity index is 1.79. The minimum atomic E-state index is -0.562. The Morgan fingerprint density at radius 1 is 1.00 bits per heavy atom. The molecule has 0 aromatic heterocycles. The molecule has 2 aromatic rings. The number of nitrogens with one attached hydrogen (secondary N) is 2. The van der Waals surface area contributed by atoms with Crippen LogP contribution in [0.4, 0.5) is 4.79 Å². The minimum absolute atomic E-state index is 0.141. The van der Waals surface area contributed by atoms with Crippen LogP contribution in [0.1, 0.15) is 11.1 Å². The number of rotatable bonds is 4. The van der Waals surface area contributed by atoms with Crippen molar-refractivity contribution in [2.75, 3.05) is 0 Å². The first-order valence-electron chi connectivity index (χ1n) is 7.23. The third kappa shape index (κ3) is 4.32. The van der Waals surface area contributed by atoms with Crippen molar-refractivity contribution in [1.82, 2.24) is 10.6 Å². The van der Waals surface area contributed by atoms with Crippen molar-refractivity contribution < 1.29 is 14.3 Å². The first-order chi connectivity index (χ1) is 12.3. The third-order valence-corrected chi connectivity index (χ3v) is 5.03. The first-order valence-corrected chi connectivity index (χ1v) is 9.16. The van der Waals surface area contributed by atoms with Crippen LogP contribution >= 0.6 is 50.7 Å². The van der Waals surface area contributed by atoms with Gasteiger partial charge in [-0.1, -0.05) is 40.9 Å². The van der Waals surface area contributed by atoms with Crippen LogP contribution in [-0.2, 0) is 11.4 Å². The summed E-state index contributed by atoms with van der Waals surface area (Å²) in [5.74, 6) is -0.0537. The number of halogens is 4. The van der Waals surface area contributed by atoms with E-state index < -0.39 is 11.9 Å². The van der Waals surface area contributed by atoms with Crippen molar-refractivity contribution in [3.63, 3.8) is 0 Å². The second kappa shape index (κ2) is 7.88. The van der Waals surface area contributed by atoms with Gasteiger partial charge in [-0.15, -0.1) is 0 Å². The number of hydrogen-bond acceptors (Lipinski definition) is 3. The van der Waals surface area contributed by atoms with E-state index in [9.17, 15) is 9.59 Å². The van der Waals surface area contributed by atoms with Gasteiger partial charge in [-0.25, -0.2) is 4.79 Å². The van der Waals surface area contributed by atoms with Gasteiger partial charge in [0, 0.05) is 0 Å². The molecule has 3 rings (SSSR count). The van der Waals surface area contributed by atoms with Crippen molar-refractivity contribution in [3.8, 4) is 5.75 Å². The van der Waals surface area contributed by atoms with Gasteiger partial charge in [-0.2, -0.15) is 0 Å². The summed E-state index contributed by atoms with van der Waals surface area (Å²) >= 11 is 21.6. The lowest BCUT2D eigenvalue weighted by molar-refractivity contribution is -0.115. The van der Waals surface area contributed by atoms with Crippen LogP contribution in [-0.4, -0.2) is 11.9 Å². The first kappa shape index (κ1) is 19.0. The lowest BCUT2D eigenvalue weighted by atomic mass is 10.2. The molecular formula is C17H10BrCl3N2O3. The van der Waals surface area contributed by atoms with Gasteiger partial charge in [0.05, 0.1) is 19.5 Å². The zero-order chi connectivity index (χ0) is 18.8. The largest absolute Gasteiger partial charge is 0.486 e. The van der Waals surface area contributed by atoms with Gasteiger partial charge >= 0.3 is 6.03 Å². The molecule has 2 N–H and O–H groups in total. The van der Waals surface area contributed by atoms with E-state index in [-0.39, 0.29) is 12.3 Å². The molecule has 2 aromatic carbocycles. The number of imide groups is 1. The van der Waals surface area contributed by atoms with Gasteiger partial charge in [0.1, 0.15) is 12.3 Å². The molecule has 0 unspecified atom stereocenters. The van der Waals surface area contributed by atoms with Crippen molar-refractivity contribution in [2.45, 2.75) is 6.61 Å². The zero-order valence-electron chi connectivity index (χ0n) is 12.9. The Bertz CT molecular complexity index is 924. The molecule has 0 saturated carbocycles. The second-order valence-electron chi connectivity index (χ2n) is 5.32. The zero-order valence-corrected chi connectivity index (χ0v) is 16.8. The summed E-state index contributed by atoms with van der Waals surface area (Å²) in [6.45, 7) is 0.244. The summed E-state index contributed by atoms with van der Waals surface area (Å²) in [4.78, 5) is 22.7. The molecule has 0 atom stereocenters. The molecule has 1 heterocycles. The lowest BCUT2D eigenvalue weighted by Gasteiger charge is -2.12. The Kier molecular flexibility index (Phi) is 5.77. The molecule has 0 aliphatic carbocycles. The Morgan fingerprint density at radius 2 is 1.77 bits per heavy atom. The number of carbonyl (C=O) groups is 2. The molecule has 0 radical (unpaired) electrons. The molecule has 0 bridgehead atoms. The predicted octanol–water partition coefficient (Wildman–Crippen LogP) is 5.17. The molecule has 1 saturated heterocycles. The third-order valence-electron chi connectivity index (χ3n) is 3.42. The van der Waals surface area contributed by atoms with Crippen molar-refractivity contribution in [3.05, 3.63) is 66.7 Å². The van der Waals surface area contributed by atoms with Gasteiger partial charge in [0.2, 0.25) is 0 Å². The van der Waals surface area contributed by atoms with E-state index in [0.29, 0.717) is 30.9 Å². The Morgan fingerprint density at radius 3 is 2.38 bits per heavy atom. The van der Waals surface area contributed by atoms with E-state index in [0.717, 1.165) is 5.56 Å². The molecule has 26 heavy (non-hydrogen) atoms. The highest BCUT2D eigenvalue weighted by Crippen LogP contribution is 2.36.